The average molecular weight is 304 g/mol. The van der Waals surface area contributed by atoms with E-state index in [4.69, 9.17) is 9.47 Å². The Kier molecular flexibility index (Phi) is 5.44. The van der Waals surface area contributed by atoms with Gasteiger partial charge in [0.1, 0.15) is 11.5 Å². The topological polar surface area (TPSA) is 44.2 Å². The highest BCUT2D eigenvalue weighted by Gasteiger charge is 2.08. The number of thioether (sulfide) groups is 1. The summed E-state index contributed by atoms with van der Waals surface area (Å²) in [6.45, 7) is 6.59. The molecule has 0 N–H and O–H groups in total. The number of benzene rings is 1. The molecule has 1 aromatic heterocycles. The van der Waals surface area contributed by atoms with E-state index in [0.717, 1.165) is 39.4 Å². The molecule has 4 nitrogen and oxygen atoms in total. The van der Waals surface area contributed by atoms with Crippen molar-refractivity contribution in [1.29, 1.82) is 0 Å². The van der Waals surface area contributed by atoms with Gasteiger partial charge in [-0.1, -0.05) is 11.8 Å². The zero-order chi connectivity index (χ0) is 15.2. The van der Waals surface area contributed by atoms with Gasteiger partial charge in [0, 0.05) is 22.7 Å². The van der Waals surface area contributed by atoms with Gasteiger partial charge in [0.05, 0.1) is 13.7 Å². The van der Waals surface area contributed by atoms with Crippen molar-refractivity contribution in [3.05, 3.63) is 41.2 Å². The van der Waals surface area contributed by atoms with Crippen LogP contribution in [0, 0.1) is 13.8 Å². The molecule has 1 aromatic carbocycles. The molecular formula is C16H20N2O2S. The van der Waals surface area contributed by atoms with E-state index in [1.54, 1.807) is 18.9 Å². The number of hydrogen-bond acceptors (Lipinski definition) is 5. The van der Waals surface area contributed by atoms with Crippen molar-refractivity contribution >= 4 is 11.8 Å². The fourth-order valence-corrected chi connectivity index (χ4v) is 2.92. The van der Waals surface area contributed by atoms with E-state index in [1.165, 1.54) is 0 Å². The minimum atomic E-state index is 0.643. The summed E-state index contributed by atoms with van der Waals surface area (Å²) < 4.78 is 10.9. The van der Waals surface area contributed by atoms with E-state index in [1.807, 2.05) is 45.0 Å². The number of aryl methyl sites for hydroxylation is 2. The third-order valence-corrected chi connectivity index (χ3v) is 3.78. The van der Waals surface area contributed by atoms with Gasteiger partial charge in [-0.15, -0.1) is 0 Å². The van der Waals surface area contributed by atoms with Gasteiger partial charge in [0.25, 0.3) is 0 Å². The molecule has 2 rings (SSSR count). The summed E-state index contributed by atoms with van der Waals surface area (Å²) >= 11 is 1.60. The van der Waals surface area contributed by atoms with Crippen molar-refractivity contribution in [2.24, 2.45) is 0 Å². The van der Waals surface area contributed by atoms with E-state index in [2.05, 4.69) is 9.97 Å². The van der Waals surface area contributed by atoms with Gasteiger partial charge in [0.2, 0.25) is 0 Å². The normalized spacial score (nSPS) is 10.5. The molecule has 0 saturated carbocycles. The Balaban J connectivity index is 2.17. The fraction of sp³-hybridized carbons (Fsp3) is 0.375. The number of ether oxygens (including phenoxy) is 2. The number of hydrogen-bond donors (Lipinski definition) is 0. The second-order valence-electron chi connectivity index (χ2n) is 4.63. The van der Waals surface area contributed by atoms with Crippen LogP contribution in [-0.4, -0.2) is 23.7 Å². The first kappa shape index (κ1) is 15.6. The molecule has 0 spiro atoms. The molecule has 112 valence electrons. The molecule has 0 bridgehead atoms. The highest BCUT2D eigenvalue weighted by atomic mass is 32.2. The number of methoxy groups -OCH3 is 1. The van der Waals surface area contributed by atoms with E-state index < -0.39 is 0 Å². The van der Waals surface area contributed by atoms with E-state index in [-0.39, 0.29) is 0 Å². The first-order valence-corrected chi connectivity index (χ1v) is 7.85. The fourth-order valence-electron chi connectivity index (χ4n) is 1.99. The minimum absolute atomic E-state index is 0.643. The zero-order valence-corrected chi connectivity index (χ0v) is 13.7. The van der Waals surface area contributed by atoms with Crippen LogP contribution in [0.4, 0.5) is 0 Å². The van der Waals surface area contributed by atoms with Crippen molar-refractivity contribution in [3.63, 3.8) is 0 Å². The van der Waals surface area contributed by atoms with Crippen LogP contribution in [-0.2, 0) is 5.75 Å². The average Bonchev–Trinajstić information content (AvgIpc) is 2.45. The predicted octanol–water partition coefficient (Wildman–Crippen LogP) is 3.79. The van der Waals surface area contributed by atoms with Crippen LogP contribution in [0.25, 0.3) is 0 Å². The van der Waals surface area contributed by atoms with Crippen LogP contribution >= 0.6 is 11.8 Å². The summed E-state index contributed by atoms with van der Waals surface area (Å²) in [4.78, 5) is 8.89. The molecule has 0 atom stereocenters. The molecule has 21 heavy (non-hydrogen) atoms. The molecule has 0 fully saturated rings. The van der Waals surface area contributed by atoms with Crippen LogP contribution < -0.4 is 9.47 Å². The summed E-state index contributed by atoms with van der Waals surface area (Å²) in [6.07, 6.45) is 0. The Bertz CT molecular complexity index is 597. The molecule has 0 aliphatic heterocycles. The van der Waals surface area contributed by atoms with E-state index in [9.17, 15) is 0 Å². The Morgan fingerprint density at radius 2 is 1.81 bits per heavy atom. The van der Waals surface area contributed by atoms with Crippen molar-refractivity contribution in [2.45, 2.75) is 31.7 Å². The van der Waals surface area contributed by atoms with Crippen molar-refractivity contribution in [2.75, 3.05) is 13.7 Å². The monoisotopic (exact) mass is 304 g/mol. The van der Waals surface area contributed by atoms with Crippen LogP contribution in [0.1, 0.15) is 23.9 Å². The highest BCUT2D eigenvalue weighted by Crippen LogP contribution is 2.30. The third-order valence-electron chi connectivity index (χ3n) is 2.89. The standard InChI is InChI=1S/C16H20N2O2S/c1-5-20-15-7-6-14(19-4)9-13(15)10-21-16-17-11(2)8-12(3)18-16/h6-9H,5,10H2,1-4H3. The maximum atomic E-state index is 5.66. The summed E-state index contributed by atoms with van der Waals surface area (Å²) in [5.41, 5.74) is 3.06. The van der Waals surface area contributed by atoms with E-state index >= 15 is 0 Å². The number of rotatable bonds is 6. The molecule has 0 unspecified atom stereocenters. The predicted molar refractivity (Wildman–Crippen MR) is 85.2 cm³/mol. The molecule has 0 saturated heterocycles. The quantitative estimate of drug-likeness (QED) is 0.600. The summed E-state index contributed by atoms with van der Waals surface area (Å²) in [5.74, 6) is 2.46. The Morgan fingerprint density at radius 1 is 1.10 bits per heavy atom. The number of nitrogens with zero attached hydrogens (tertiary/aromatic N) is 2. The summed E-state index contributed by atoms with van der Waals surface area (Å²) in [5, 5.41) is 0.790. The molecule has 0 aliphatic carbocycles. The van der Waals surface area contributed by atoms with Crippen molar-refractivity contribution in [1.82, 2.24) is 9.97 Å². The van der Waals surface area contributed by atoms with E-state index in [0.29, 0.717) is 6.61 Å². The smallest absolute Gasteiger partial charge is 0.188 e. The van der Waals surface area contributed by atoms with Gasteiger partial charge < -0.3 is 9.47 Å². The largest absolute Gasteiger partial charge is 0.497 e. The van der Waals surface area contributed by atoms with Crippen LogP contribution in [0.15, 0.2) is 29.4 Å². The summed E-state index contributed by atoms with van der Waals surface area (Å²) in [6, 6.07) is 7.83. The minimum Gasteiger partial charge on any atom is -0.497 e. The Morgan fingerprint density at radius 3 is 2.43 bits per heavy atom. The molecular weight excluding hydrogens is 284 g/mol. The van der Waals surface area contributed by atoms with Crippen LogP contribution in [0.3, 0.4) is 0 Å². The molecule has 2 aromatic rings. The van der Waals surface area contributed by atoms with Crippen molar-refractivity contribution in [3.8, 4) is 11.5 Å². The van der Waals surface area contributed by atoms with Gasteiger partial charge in [-0.05, 0) is 45.0 Å². The summed E-state index contributed by atoms with van der Waals surface area (Å²) in [7, 11) is 1.67. The molecule has 5 heteroatoms. The second kappa shape index (κ2) is 7.31. The number of aromatic nitrogens is 2. The third kappa shape index (κ3) is 4.36. The zero-order valence-electron chi connectivity index (χ0n) is 12.8. The lowest BCUT2D eigenvalue weighted by Crippen LogP contribution is -1.98. The van der Waals surface area contributed by atoms with Gasteiger partial charge >= 0.3 is 0 Å². The van der Waals surface area contributed by atoms with Crippen LogP contribution in [0.5, 0.6) is 11.5 Å². The SMILES string of the molecule is CCOc1ccc(OC)cc1CSc1nc(C)cc(C)n1. The lowest BCUT2D eigenvalue weighted by Gasteiger charge is -2.11. The van der Waals surface area contributed by atoms with Crippen LogP contribution in [0.2, 0.25) is 0 Å². The maximum absolute atomic E-state index is 5.66. The van der Waals surface area contributed by atoms with Gasteiger partial charge in [-0.2, -0.15) is 0 Å². The lowest BCUT2D eigenvalue weighted by atomic mass is 10.2. The molecule has 0 amide bonds. The lowest BCUT2D eigenvalue weighted by molar-refractivity contribution is 0.336. The maximum Gasteiger partial charge on any atom is 0.188 e. The first-order valence-electron chi connectivity index (χ1n) is 6.87. The second-order valence-corrected chi connectivity index (χ2v) is 5.57. The highest BCUT2D eigenvalue weighted by molar-refractivity contribution is 7.98. The van der Waals surface area contributed by atoms with Crippen molar-refractivity contribution < 1.29 is 9.47 Å². The first-order chi connectivity index (χ1) is 10.1. The molecule has 0 aliphatic rings. The Hall–Kier alpha value is -1.75. The Labute approximate surface area is 129 Å². The van der Waals surface area contributed by atoms with Gasteiger partial charge in [-0.25, -0.2) is 9.97 Å². The van der Waals surface area contributed by atoms with Gasteiger partial charge in [-0.3, -0.25) is 0 Å². The van der Waals surface area contributed by atoms with Gasteiger partial charge in [0.15, 0.2) is 5.16 Å². The molecule has 0 radical (unpaired) electrons. The molecule has 1 heterocycles.